The number of nitrogen functional groups attached to an aromatic ring is 1. The Morgan fingerprint density at radius 1 is 1.27 bits per heavy atom. The van der Waals surface area contributed by atoms with Crippen LogP contribution in [0.2, 0.25) is 0 Å². The number of hydrogen-bond acceptors (Lipinski definition) is 14. The number of rotatable bonds is 10. The molecule has 0 bridgehead atoms. The number of carbonyl (C=O) groups is 4. The molecule has 1 saturated heterocycles. The minimum absolute atomic E-state index is 0.0717. The highest BCUT2D eigenvalue weighted by atomic mass is 35.5. The lowest BCUT2D eigenvalue weighted by Crippen LogP contribution is -2.71. The highest BCUT2D eigenvalue weighted by Gasteiger charge is 2.54. The summed E-state index contributed by atoms with van der Waals surface area (Å²) >= 11 is 7.91. The molecule has 2 unspecified atom stereocenters. The molecule has 2 amide bonds. The number of fused-ring (bicyclic) bond motifs is 1. The van der Waals surface area contributed by atoms with Crippen LogP contribution in [-0.4, -0.2) is 81.2 Å². The normalized spacial score (nSPS) is 18.5. The summed E-state index contributed by atoms with van der Waals surface area (Å²) in [4.78, 5) is 61.4. The molecule has 1 fully saturated rings. The van der Waals surface area contributed by atoms with E-state index >= 15 is 0 Å². The summed E-state index contributed by atoms with van der Waals surface area (Å²) in [5.74, 6) is -1.54. The van der Waals surface area contributed by atoms with Gasteiger partial charge < -0.3 is 30.1 Å². The molecule has 1 aromatic heterocycles. The lowest BCUT2D eigenvalue weighted by molar-refractivity contribution is -0.151. The first-order valence-electron chi connectivity index (χ1n) is 11.7. The molecule has 0 aliphatic carbocycles. The van der Waals surface area contributed by atoms with Gasteiger partial charge in [0.2, 0.25) is 11.5 Å². The molecule has 1 aromatic carbocycles. The maximum Gasteiger partial charge on any atom is 0.516 e. The van der Waals surface area contributed by atoms with E-state index in [2.05, 4.69) is 19.8 Å². The first kappa shape index (κ1) is 29.8. The van der Waals surface area contributed by atoms with Crippen LogP contribution in [0.25, 0.3) is 0 Å². The van der Waals surface area contributed by atoms with Gasteiger partial charge in [0.25, 0.3) is 11.8 Å². The van der Waals surface area contributed by atoms with E-state index in [9.17, 15) is 19.2 Å². The zero-order valence-corrected chi connectivity index (χ0v) is 24.0. The molecule has 4 rings (SSSR count). The Morgan fingerprint density at radius 3 is 2.66 bits per heavy atom. The van der Waals surface area contributed by atoms with Crippen molar-refractivity contribution in [1.29, 1.82) is 0 Å². The van der Waals surface area contributed by atoms with E-state index in [-0.39, 0.29) is 40.6 Å². The van der Waals surface area contributed by atoms with Gasteiger partial charge in [-0.3, -0.25) is 14.5 Å². The van der Waals surface area contributed by atoms with Gasteiger partial charge in [0.15, 0.2) is 5.13 Å². The Hall–Kier alpha value is -4.15. The fourth-order valence-corrected chi connectivity index (χ4v) is 5.62. The fourth-order valence-electron chi connectivity index (χ4n) is 3.78. The third-order valence-electron chi connectivity index (χ3n) is 5.63. The number of nitrogens with zero attached hydrogens (tertiary/aromatic N) is 4. The number of amides is 2. The number of ether oxygens (including phenoxy) is 3. The monoisotopic (exact) mass is 622 g/mol. The molecule has 41 heavy (non-hydrogen) atoms. The highest BCUT2D eigenvalue weighted by Crippen LogP contribution is 2.41. The number of halogens is 1. The average molecular weight is 623 g/mol. The van der Waals surface area contributed by atoms with Gasteiger partial charge in [-0.25, -0.2) is 9.59 Å². The predicted molar refractivity (Wildman–Crippen MR) is 149 cm³/mol. The lowest BCUT2D eigenvalue weighted by atomic mass is 10.0. The Labute approximate surface area is 246 Å². The number of esters is 1. The quantitative estimate of drug-likeness (QED) is 0.0979. The number of nitrogens with two attached hydrogens (primary N) is 1. The van der Waals surface area contributed by atoms with Crippen molar-refractivity contribution < 1.29 is 38.2 Å². The topological polar surface area (TPSA) is 185 Å². The number of allylic oxidation sites excluding steroid dienone is 2. The molecule has 14 nitrogen and oxygen atoms in total. The Bertz CT molecular complexity index is 1430. The first-order chi connectivity index (χ1) is 19.8. The van der Waals surface area contributed by atoms with Crippen molar-refractivity contribution in [3.63, 3.8) is 0 Å². The number of aromatic nitrogens is 2. The van der Waals surface area contributed by atoms with Crippen LogP contribution in [0, 0.1) is 0 Å². The number of oxime groups is 1. The van der Waals surface area contributed by atoms with Crippen molar-refractivity contribution in [1.82, 2.24) is 19.6 Å². The second-order valence-corrected chi connectivity index (χ2v) is 10.3. The summed E-state index contributed by atoms with van der Waals surface area (Å²) in [6.07, 6.45) is 1.90. The fraction of sp³-hybridized carbons (Fsp3) is 0.292. The molecule has 0 saturated carbocycles. The summed E-state index contributed by atoms with van der Waals surface area (Å²) in [6, 6.07) is 5.71. The number of nitrogens with one attached hydrogen (secondary N) is 1. The van der Waals surface area contributed by atoms with Crippen LogP contribution in [0.15, 0.2) is 52.8 Å². The number of carbonyl (C=O) groups excluding carboxylic acids is 4. The Morgan fingerprint density at radius 2 is 2.02 bits per heavy atom. The van der Waals surface area contributed by atoms with E-state index in [0.29, 0.717) is 16.9 Å². The SMILES string of the molecule is CO/N=C(\C(=O)NC1C(=O)N2C(C(=O)OC(=O)OCc3ccc(OC)cc3)=C(/C=C\CCl)CSC12)c1nsc(N)n1. The number of methoxy groups -OCH3 is 1. The van der Waals surface area contributed by atoms with Crippen molar-refractivity contribution in [2.45, 2.75) is 18.0 Å². The summed E-state index contributed by atoms with van der Waals surface area (Å²) < 4.78 is 19.0. The van der Waals surface area contributed by atoms with Crippen molar-refractivity contribution in [2.24, 2.45) is 5.16 Å². The van der Waals surface area contributed by atoms with E-state index in [4.69, 9.17) is 36.4 Å². The van der Waals surface area contributed by atoms with E-state index in [1.165, 1.54) is 26.0 Å². The van der Waals surface area contributed by atoms with Crippen LogP contribution in [-0.2, 0) is 35.3 Å². The maximum atomic E-state index is 13.2. The van der Waals surface area contributed by atoms with Crippen molar-refractivity contribution in [3.8, 4) is 5.75 Å². The summed E-state index contributed by atoms with van der Waals surface area (Å²) in [5.41, 5.74) is 6.20. The summed E-state index contributed by atoms with van der Waals surface area (Å²) in [6.45, 7) is -0.158. The third kappa shape index (κ3) is 6.78. The zero-order valence-electron chi connectivity index (χ0n) is 21.6. The number of β-lactam (4-membered cyclic amide) rings is 1. The van der Waals surface area contributed by atoms with Crippen LogP contribution in [0.1, 0.15) is 11.4 Å². The maximum absolute atomic E-state index is 13.2. The zero-order chi connectivity index (χ0) is 29.5. The van der Waals surface area contributed by atoms with Crippen molar-refractivity contribution in [3.05, 3.63) is 59.1 Å². The van der Waals surface area contributed by atoms with Gasteiger partial charge in [-0.15, -0.1) is 23.4 Å². The summed E-state index contributed by atoms with van der Waals surface area (Å²) in [5, 5.41) is 5.65. The van der Waals surface area contributed by atoms with Crippen LogP contribution in [0.5, 0.6) is 5.75 Å². The smallest absolute Gasteiger partial charge is 0.497 e. The van der Waals surface area contributed by atoms with Gasteiger partial charge in [-0.2, -0.15) is 9.36 Å². The molecule has 216 valence electrons. The van der Waals surface area contributed by atoms with E-state index in [0.717, 1.165) is 16.4 Å². The molecule has 2 atom stereocenters. The minimum atomic E-state index is -1.25. The van der Waals surface area contributed by atoms with Gasteiger partial charge >= 0.3 is 12.1 Å². The van der Waals surface area contributed by atoms with Crippen LogP contribution in [0.4, 0.5) is 9.93 Å². The Balaban J connectivity index is 1.46. The van der Waals surface area contributed by atoms with Crippen LogP contribution < -0.4 is 15.8 Å². The number of hydrogen-bond donors (Lipinski definition) is 2. The van der Waals surface area contributed by atoms with Gasteiger partial charge in [0.05, 0.1) is 7.11 Å². The number of thioether (sulfide) groups is 1. The highest BCUT2D eigenvalue weighted by molar-refractivity contribution is 8.00. The molecule has 0 radical (unpaired) electrons. The molecule has 2 aliphatic rings. The molecule has 2 aromatic rings. The second-order valence-electron chi connectivity index (χ2n) is 8.15. The van der Waals surface area contributed by atoms with E-state index in [1.54, 1.807) is 36.4 Å². The third-order valence-corrected chi connectivity index (χ3v) is 7.65. The van der Waals surface area contributed by atoms with Gasteiger partial charge in [-0.05, 0) is 23.3 Å². The molecule has 3 N–H and O–H groups in total. The molecule has 0 spiro atoms. The van der Waals surface area contributed by atoms with Crippen LogP contribution in [0.3, 0.4) is 0 Å². The van der Waals surface area contributed by atoms with Gasteiger partial charge in [0.1, 0.15) is 36.6 Å². The second kappa shape index (κ2) is 13.5. The van der Waals surface area contributed by atoms with Gasteiger partial charge in [-0.1, -0.05) is 29.4 Å². The number of benzene rings is 1. The number of anilines is 1. The summed E-state index contributed by atoms with van der Waals surface area (Å²) in [7, 11) is 2.76. The largest absolute Gasteiger partial charge is 0.516 e. The van der Waals surface area contributed by atoms with Crippen LogP contribution >= 0.6 is 34.9 Å². The standard InChI is InChI=1S/C24H23ClN6O8S2/c1-36-14-7-5-12(6-8-14)10-38-24(35)39-22(34)17-13(4-3-9-25)11-40-21-16(20(33)31(17)21)27-19(32)15(29-37-2)18-28-23(26)41-30-18/h3-8,16,21H,9-11H2,1-2H3,(H,27,32)(H2,26,28,30)/b4-3-,29-15-. The molecule has 2 aliphatic heterocycles. The van der Waals surface area contributed by atoms with Crippen molar-refractivity contribution in [2.75, 3.05) is 31.6 Å². The van der Waals surface area contributed by atoms with E-state index < -0.39 is 35.4 Å². The predicted octanol–water partition coefficient (Wildman–Crippen LogP) is 1.81. The first-order valence-corrected chi connectivity index (χ1v) is 14.1. The van der Waals surface area contributed by atoms with E-state index in [1.807, 2.05) is 0 Å². The average Bonchev–Trinajstić information content (AvgIpc) is 3.41. The molecule has 3 heterocycles. The minimum Gasteiger partial charge on any atom is -0.497 e. The molecule has 17 heteroatoms. The molecular formula is C24H23ClN6O8S2. The number of alkyl halides is 1. The lowest BCUT2D eigenvalue weighted by Gasteiger charge is -2.49. The van der Waals surface area contributed by atoms with Crippen molar-refractivity contribution >= 4 is 69.7 Å². The molecular weight excluding hydrogens is 600 g/mol. The Kier molecular flexibility index (Phi) is 9.80. The van der Waals surface area contributed by atoms with Gasteiger partial charge in [0, 0.05) is 23.2 Å².